The summed E-state index contributed by atoms with van der Waals surface area (Å²) in [5.41, 5.74) is 0.387. The molecular weight excluding hydrogens is 444 g/mol. The molecule has 0 aromatic heterocycles. The lowest BCUT2D eigenvalue weighted by molar-refractivity contribution is -0.384. The number of methoxy groups -OCH3 is 1. The third-order valence-corrected chi connectivity index (χ3v) is 4.38. The van der Waals surface area contributed by atoms with Crippen LogP contribution in [0.1, 0.15) is 33.6 Å². The van der Waals surface area contributed by atoms with Gasteiger partial charge in [0.25, 0.3) is 5.69 Å². The molecule has 0 unspecified atom stereocenters. The van der Waals surface area contributed by atoms with Crippen LogP contribution in [-0.2, 0) is 19.1 Å². The average Bonchev–Trinajstić information content (AvgIpc) is 2.76. The van der Waals surface area contributed by atoms with E-state index >= 15 is 0 Å². The Labute approximate surface area is 197 Å². The molecule has 0 radical (unpaired) electrons. The van der Waals surface area contributed by atoms with Gasteiger partial charge < -0.3 is 25.4 Å². The van der Waals surface area contributed by atoms with Crippen molar-refractivity contribution in [3.63, 3.8) is 0 Å². The lowest BCUT2D eigenvalue weighted by Crippen LogP contribution is -2.44. The van der Waals surface area contributed by atoms with E-state index in [1.807, 2.05) is 18.2 Å². The van der Waals surface area contributed by atoms with E-state index in [4.69, 9.17) is 9.47 Å². The zero-order chi connectivity index (χ0) is 25.3. The largest absolute Gasteiger partial charge is 0.467 e. The normalized spacial score (nSPS) is 11.6. The van der Waals surface area contributed by atoms with Gasteiger partial charge in [0.2, 0.25) is 5.91 Å². The van der Waals surface area contributed by atoms with Gasteiger partial charge in [0, 0.05) is 24.2 Å². The summed E-state index contributed by atoms with van der Waals surface area (Å²) < 4.78 is 9.84. The van der Waals surface area contributed by atoms with Gasteiger partial charge in [-0.1, -0.05) is 18.2 Å². The van der Waals surface area contributed by atoms with Crippen molar-refractivity contribution in [3.8, 4) is 0 Å². The fraction of sp³-hybridized carbons (Fsp3) is 0.348. The predicted molar refractivity (Wildman–Crippen MR) is 126 cm³/mol. The second-order valence-electron chi connectivity index (χ2n) is 8.29. The Balaban J connectivity index is 2.11. The van der Waals surface area contributed by atoms with Crippen molar-refractivity contribution < 1.29 is 28.8 Å². The first-order valence-corrected chi connectivity index (χ1v) is 10.5. The molecule has 0 aliphatic heterocycles. The molecule has 2 aromatic carbocycles. The number of hydrogen-bond donors (Lipinski definition) is 3. The molecule has 2 rings (SSSR count). The minimum absolute atomic E-state index is 0.0753. The van der Waals surface area contributed by atoms with Gasteiger partial charge in [-0.2, -0.15) is 0 Å². The number of ether oxygens (including phenoxy) is 2. The van der Waals surface area contributed by atoms with Gasteiger partial charge in [0.15, 0.2) is 0 Å². The zero-order valence-electron chi connectivity index (χ0n) is 19.4. The van der Waals surface area contributed by atoms with E-state index in [0.29, 0.717) is 5.69 Å². The Morgan fingerprint density at radius 3 is 2.32 bits per heavy atom. The van der Waals surface area contributed by atoms with Crippen molar-refractivity contribution in [3.05, 3.63) is 58.6 Å². The SMILES string of the molecule is COC(=O)[C@H](CCC(=O)Nc1cc([N+](=O)[O-])ccc1Nc1ccccc1)NC(=O)OC(C)(C)C. The van der Waals surface area contributed by atoms with Crippen LogP contribution in [0.4, 0.5) is 27.5 Å². The molecule has 0 spiro atoms. The van der Waals surface area contributed by atoms with Gasteiger partial charge in [0.05, 0.1) is 23.4 Å². The number of carbonyl (C=O) groups excluding carboxylic acids is 3. The maximum atomic E-state index is 12.6. The van der Waals surface area contributed by atoms with E-state index in [1.54, 1.807) is 32.9 Å². The first-order chi connectivity index (χ1) is 16.0. The number of esters is 1. The highest BCUT2D eigenvalue weighted by atomic mass is 16.6. The Kier molecular flexibility index (Phi) is 8.94. The third-order valence-electron chi connectivity index (χ3n) is 4.38. The van der Waals surface area contributed by atoms with Crippen LogP contribution >= 0.6 is 0 Å². The zero-order valence-corrected chi connectivity index (χ0v) is 19.4. The first-order valence-electron chi connectivity index (χ1n) is 10.5. The lowest BCUT2D eigenvalue weighted by Gasteiger charge is -2.22. The average molecular weight is 472 g/mol. The molecule has 1 atom stereocenters. The van der Waals surface area contributed by atoms with Gasteiger partial charge in [-0.05, 0) is 45.4 Å². The van der Waals surface area contributed by atoms with Gasteiger partial charge in [-0.3, -0.25) is 14.9 Å². The van der Waals surface area contributed by atoms with E-state index in [2.05, 4.69) is 16.0 Å². The van der Waals surface area contributed by atoms with Crippen LogP contribution in [0.5, 0.6) is 0 Å². The summed E-state index contributed by atoms with van der Waals surface area (Å²) in [6.07, 6.45) is -1.08. The van der Waals surface area contributed by atoms with Crippen molar-refractivity contribution in [2.75, 3.05) is 17.7 Å². The number of nitrogens with zero attached hydrogens (tertiary/aromatic N) is 1. The second-order valence-corrected chi connectivity index (χ2v) is 8.29. The lowest BCUT2D eigenvalue weighted by atomic mass is 10.1. The van der Waals surface area contributed by atoms with Crippen LogP contribution in [-0.4, -0.2) is 41.6 Å². The minimum Gasteiger partial charge on any atom is -0.467 e. The van der Waals surface area contributed by atoms with Crippen molar-refractivity contribution in [1.82, 2.24) is 5.32 Å². The van der Waals surface area contributed by atoms with E-state index in [9.17, 15) is 24.5 Å². The number of nitrogens with one attached hydrogen (secondary N) is 3. The van der Waals surface area contributed by atoms with Crippen LogP contribution in [0.25, 0.3) is 0 Å². The van der Waals surface area contributed by atoms with Crippen LogP contribution in [0.2, 0.25) is 0 Å². The molecule has 0 aliphatic rings. The molecule has 2 amide bonds. The van der Waals surface area contributed by atoms with E-state index < -0.39 is 34.5 Å². The summed E-state index contributed by atoms with van der Waals surface area (Å²) in [6, 6.07) is 12.0. The number of benzene rings is 2. The third kappa shape index (κ3) is 8.41. The number of nitro groups is 1. The summed E-state index contributed by atoms with van der Waals surface area (Å²) in [5, 5.41) is 19.3. The molecule has 0 saturated carbocycles. The Bertz CT molecular complexity index is 1040. The van der Waals surface area contributed by atoms with Crippen molar-refractivity contribution >= 4 is 40.7 Å². The number of nitro benzene ring substituents is 1. The number of alkyl carbamates (subject to hydrolysis) is 1. The second kappa shape index (κ2) is 11.6. The van der Waals surface area contributed by atoms with Crippen molar-refractivity contribution in [2.45, 2.75) is 45.3 Å². The Morgan fingerprint density at radius 2 is 1.74 bits per heavy atom. The van der Waals surface area contributed by atoms with Crippen LogP contribution in [0.3, 0.4) is 0 Å². The molecule has 11 nitrogen and oxygen atoms in total. The topological polar surface area (TPSA) is 149 Å². The molecule has 0 aliphatic carbocycles. The number of hydrogen-bond acceptors (Lipinski definition) is 8. The maximum absolute atomic E-state index is 12.6. The van der Waals surface area contributed by atoms with Gasteiger partial charge in [-0.15, -0.1) is 0 Å². The molecule has 182 valence electrons. The molecule has 3 N–H and O–H groups in total. The van der Waals surface area contributed by atoms with Crippen LogP contribution < -0.4 is 16.0 Å². The minimum atomic E-state index is -1.11. The number of carbonyl (C=O) groups is 3. The molecule has 0 heterocycles. The number of rotatable bonds is 9. The first kappa shape index (κ1) is 26.1. The smallest absolute Gasteiger partial charge is 0.408 e. The molecular formula is C23H28N4O7. The standard InChI is InChI=1S/C23H28N4O7/c1-23(2,3)34-22(30)26-18(21(29)33-4)12-13-20(28)25-19-14-16(27(31)32)10-11-17(19)24-15-8-6-5-7-9-15/h5-11,14,18,24H,12-13H2,1-4H3,(H,25,28)(H,26,30)/t18-/m0/s1. The number of anilines is 3. The quantitative estimate of drug-likeness (QED) is 0.280. The van der Waals surface area contributed by atoms with E-state index in [-0.39, 0.29) is 24.2 Å². The summed E-state index contributed by atoms with van der Waals surface area (Å²) in [6.45, 7) is 5.02. The fourth-order valence-corrected chi connectivity index (χ4v) is 2.86. The molecule has 0 saturated heterocycles. The van der Waals surface area contributed by atoms with Crippen molar-refractivity contribution in [2.24, 2.45) is 0 Å². The summed E-state index contributed by atoms with van der Waals surface area (Å²) >= 11 is 0. The highest BCUT2D eigenvalue weighted by Gasteiger charge is 2.26. The summed E-state index contributed by atoms with van der Waals surface area (Å²) in [4.78, 5) is 47.3. The van der Waals surface area contributed by atoms with Gasteiger partial charge in [0.1, 0.15) is 11.6 Å². The predicted octanol–water partition coefficient (Wildman–Crippen LogP) is 4.12. The van der Waals surface area contributed by atoms with Gasteiger partial charge >= 0.3 is 12.1 Å². The van der Waals surface area contributed by atoms with E-state index in [0.717, 1.165) is 12.8 Å². The highest BCUT2D eigenvalue weighted by molar-refractivity contribution is 5.96. The highest BCUT2D eigenvalue weighted by Crippen LogP contribution is 2.30. The Morgan fingerprint density at radius 1 is 1.06 bits per heavy atom. The number of non-ortho nitro benzene ring substituents is 1. The molecule has 34 heavy (non-hydrogen) atoms. The number of amides is 2. The summed E-state index contributed by atoms with van der Waals surface area (Å²) in [5.74, 6) is -1.25. The molecule has 0 bridgehead atoms. The monoisotopic (exact) mass is 472 g/mol. The molecule has 11 heteroatoms. The van der Waals surface area contributed by atoms with Crippen LogP contribution in [0, 0.1) is 10.1 Å². The molecule has 2 aromatic rings. The van der Waals surface area contributed by atoms with Crippen LogP contribution in [0.15, 0.2) is 48.5 Å². The van der Waals surface area contributed by atoms with Crippen molar-refractivity contribution in [1.29, 1.82) is 0 Å². The van der Waals surface area contributed by atoms with Gasteiger partial charge in [-0.25, -0.2) is 9.59 Å². The summed E-state index contributed by atoms with van der Waals surface area (Å²) in [7, 11) is 1.16. The Hall–Kier alpha value is -4.15. The fourth-order valence-electron chi connectivity index (χ4n) is 2.86. The number of para-hydroxylation sites is 1. The molecule has 0 fully saturated rings. The van der Waals surface area contributed by atoms with E-state index in [1.165, 1.54) is 18.2 Å². The maximum Gasteiger partial charge on any atom is 0.408 e.